The molecule has 5 nitrogen and oxygen atoms in total. The molecule has 5 heteroatoms. The molecule has 0 spiro atoms. The highest BCUT2D eigenvalue weighted by molar-refractivity contribution is 5.93. The molecule has 0 bridgehead atoms. The molecule has 0 aromatic heterocycles. The van der Waals surface area contributed by atoms with Crippen LogP contribution in [0.1, 0.15) is 12.8 Å². The number of ether oxygens (including phenoxy) is 1. The van der Waals surface area contributed by atoms with Gasteiger partial charge in [-0.1, -0.05) is 0 Å². The van der Waals surface area contributed by atoms with Crippen molar-refractivity contribution in [2.45, 2.75) is 19.1 Å². The zero-order valence-corrected chi connectivity index (χ0v) is 8.15. The Balaban J connectivity index is 3.02. The van der Waals surface area contributed by atoms with Gasteiger partial charge in [-0.05, 0) is 12.8 Å². The second kappa shape index (κ2) is 4.11. The molecular weight excluding hydrogens is 184 g/mol. The molecule has 76 valence electrons. The first-order valence-electron chi connectivity index (χ1n) is 4.24. The summed E-state index contributed by atoms with van der Waals surface area (Å²) >= 11 is 0. The van der Waals surface area contributed by atoms with Crippen LogP contribution in [0.4, 0.5) is 0 Å². The zero-order valence-electron chi connectivity index (χ0n) is 8.15. The van der Waals surface area contributed by atoms with Crippen LogP contribution in [-0.4, -0.2) is 36.4 Å². The van der Waals surface area contributed by atoms with E-state index in [9.17, 15) is 9.90 Å². The van der Waals surface area contributed by atoms with Gasteiger partial charge >= 0.3 is 5.97 Å². The van der Waals surface area contributed by atoms with Gasteiger partial charge in [0.15, 0.2) is 5.57 Å². The van der Waals surface area contributed by atoms with E-state index in [-0.39, 0.29) is 5.57 Å². The predicted molar refractivity (Wildman–Crippen MR) is 47.7 cm³/mol. The number of aliphatic hydroxyl groups is 1. The fourth-order valence-corrected chi connectivity index (χ4v) is 1.45. The fourth-order valence-electron chi connectivity index (χ4n) is 1.45. The molecule has 0 aromatic rings. The number of nitriles is 1. The molecule has 14 heavy (non-hydrogen) atoms. The minimum Gasteiger partial charge on any atom is -0.465 e. The molecule has 0 aliphatic carbocycles. The Morgan fingerprint density at radius 3 is 2.79 bits per heavy atom. The molecule has 0 amide bonds. The molecule has 0 unspecified atom stereocenters. The maximum absolute atomic E-state index is 11.2. The maximum atomic E-state index is 11.2. The lowest BCUT2D eigenvalue weighted by atomic mass is 10.2. The maximum Gasteiger partial charge on any atom is 0.350 e. The van der Waals surface area contributed by atoms with Crippen LogP contribution in [0.2, 0.25) is 0 Å². The lowest BCUT2D eigenvalue weighted by Crippen LogP contribution is -2.24. The van der Waals surface area contributed by atoms with Gasteiger partial charge in [-0.2, -0.15) is 5.26 Å². The van der Waals surface area contributed by atoms with Crippen molar-refractivity contribution in [3.8, 4) is 6.07 Å². The molecule has 0 aromatic carbocycles. The SMILES string of the molecule is COC(=O)/C(C#N)=C1/CC[C@@H](O)N1C. The van der Waals surface area contributed by atoms with Gasteiger partial charge < -0.3 is 14.7 Å². The van der Waals surface area contributed by atoms with Gasteiger partial charge in [0.05, 0.1) is 7.11 Å². The van der Waals surface area contributed by atoms with Crippen molar-refractivity contribution >= 4 is 5.97 Å². The highest BCUT2D eigenvalue weighted by Gasteiger charge is 2.28. The molecule has 1 rings (SSSR count). The van der Waals surface area contributed by atoms with Gasteiger partial charge in [0.25, 0.3) is 0 Å². The molecule has 0 radical (unpaired) electrons. The van der Waals surface area contributed by atoms with Crippen LogP contribution in [-0.2, 0) is 9.53 Å². The smallest absolute Gasteiger partial charge is 0.350 e. The van der Waals surface area contributed by atoms with Crippen molar-refractivity contribution < 1.29 is 14.6 Å². The number of hydrogen-bond donors (Lipinski definition) is 1. The molecule has 1 saturated heterocycles. The molecule has 1 N–H and O–H groups in total. The number of likely N-dealkylation sites (tertiary alicyclic amines) is 1. The summed E-state index contributed by atoms with van der Waals surface area (Å²) in [6.45, 7) is 0. The van der Waals surface area contributed by atoms with E-state index in [4.69, 9.17) is 5.26 Å². The normalized spacial score (nSPS) is 24.4. The first-order valence-corrected chi connectivity index (χ1v) is 4.24. The summed E-state index contributed by atoms with van der Waals surface area (Å²) < 4.78 is 4.47. The van der Waals surface area contributed by atoms with E-state index in [0.717, 1.165) is 0 Å². The molecule has 1 heterocycles. The monoisotopic (exact) mass is 196 g/mol. The lowest BCUT2D eigenvalue weighted by molar-refractivity contribution is -0.135. The molecule has 0 saturated carbocycles. The Kier molecular flexibility index (Phi) is 3.10. The number of carbonyl (C=O) groups excluding carboxylic acids is 1. The summed E-state index contributed by atoms with van der Waals surface area (Å²) in [6, 6.07) is 1.80. The second-order valence-electron chi connectivity index (χ2n) is 3.06. The molecule has 1 fully saturated rings. The van der Waals surface area contributed by atoms with Gasteiger partial charge in [0.2, 0.25) is 0 Å². The Bertz CT molecular complexity index is 317. The summed E-state index contributed by atoms with van der Waals surface area (Å²) in [6.07, 6.45) is 0.446. The minimum absolute atomic E-state index is 0.0217. The van der Waals surface area contributed by atoms with Crippen molar-refractivity contribution in [3.63, 3.8) is 0 Å². The molecular formula is C9H12N2O3. The first-order chi connectivity index (χ1) is 6.61. The van der Waals surface area contributed by atoms with E-state index in [1.54, 1.807) is 13.1 Å². The van der Waals surface area contributed by atoms with Crippen molar-refractivity contribution in [1.82, 2.24) is 4.90 Å². The average Bonchev–Trinajstić information content (AvgIpc) is 2.50. The summed E-state index contributed by atoms with van der Waals surface area (Å²) in [5.74, 6) is -0.650. The Labute approximate surface area is 82.2 Å². The van der Waals surface area contributed by atoms with Crippen molar-refractivity contribution in [2.24, 2.45) is 0 Å². The average molecular weight is 196 g/mol. The van der Waals surface area contributed by atoms with Crippen LogP contribution in [0, 0.1) is 11.3 Å². The van der Waals surface area contributed by atoms with Crippen LogP contribution < -0.4 is 0 Å². The van der Waals surface area contributed by atoms with E-state index >= 15 is 0 Å². The predicted octanol–water partition coefficient (Wildman–Crippen LogP) is -0.0189. The van der Waals surface area contributed by atoms with E-state index in [0.29, 0.717) is 18.5 Å². The van der Waals surface area contributed by atoms with Crippen LogP contribution >= 0.6 is 0 Å². The number of carbonyl (C=O) groups is 1. The summed E-state index contributed by atoms with van der Waals surface area (Å²) in [5, 5.41) is 18.2. The number of esters is 1. The second-order valence-corrected chi connectivity index (χ2v) is 3.06. The third kappa shape index (κ3) is 1.70. The Morgan fingerprint density at radius 1 is 1.79 bits per heavy atom. The topological polar surface area (TPSA) is 73.6 Å². The first kappa shape index (κ1) is 10.5. The lowest BCUT2D eigenvalue weighted by Gasteiger charge is -2.18. The van der Waals surface area contributed by atoms with Gasteiger partial charge in [-0.25, -0.2) is 4.79 Å². The summed E-state index contributed by atoms with van der Waals surface area (Å²) in [4.78, 5) is 12.7. The van der Waals surface area contributed by atoms with E-state index < -0.39 is 12.2 Å². The number of nitrogens with zero attached hydrogens (tertiary/aromatic N) is 2. The van der Waals surface area contributed by atoms with Crippen molar-refractivity contribution in [2.75, 3.05) is 14.2 Å². The van der Waals surface area contributed by atoms with Gasteiger partial charge in [0.1, 0.15) is 12.3 Å². The van der Waals surface area contributed by atoms with E-state index in [1.807, 2.05) is 0 Å². The number of rotatable bonds is 1. The Morgan fingerprint density at radius 2 is 2.43 bits per heavy atom. The van der Waals surface area contributed by atoms with Crippen LogP contribution in [0.3, 0.4) is 0 Å². The minimum atomic E-state index is -0.650. The number of methoxy groups -OCH3 is 1. The zero-order chi connectivity index (χ0) is 10.7. The number of hydrogen-bond acceptors (Lipinski definition) is 5. The largest absolute Gasteiger partial charge is 0.465 e. The van der Waals surface area contributed by atoms with Crippen LogP contribution in [0.25, 0.3) is 0 Å². The van der Waals surface area contributed by atoms with Crippen LogP contribution in [0.15, 0.2) is 11.3 Å². The number of allylic oxidation sites excluding steroid dienone is 1. The van der Waals surface area contributed by atoms with Gasteiger partial charge in [0, 0.05) is 12.7 Å². The quantitative estimate of drug-likeness (QED) is 0.362. The van der Waals surface area contributed by atoms with Gasteiger partial charge in [-0.15, -0.1) is 0 Å². The number of aliphatic hydroxyl groups excluding tert-OH is 1. The highest BCUT2D eigenvalue weighted by Crippen LogP contribution is 2.26. The third-order valence-electron chi connectivity index (χ3n) is 2.30. The van der Waals surface area contributed by atoms with E-state index in [2.05, 4.69) is 4.74 Å². The Hall–Kier alpha value is -1.54. The van der Waals surface area contributed by atoms with E-state index in [1.165, 1.54) is 12.0 Å². The third-order valence-corrected chi connectivity index (χ3v) is 2.30. The van der Waals surface area contributed by atoms with Gasteiger partial charge in [-0.3, -0.25) is 0 Å². The fraction of sp³-hybridized carbons (Fsp3) is 0.556. The molecule has 1 atom stereocenters. The van der Waals surface area contributed by atoms with Crippen molar-refractivity contribution in [3.05, 3.63) is 11.3 Å². The molecule has 1 aliphatic rings. The summed E-state index contributed by atoms with van der Waals surface area (Å²) in [5.41, 5.74) is 0.526. The molecule has 1 aliphatic heterocycles. The highest BCUT2D eigenvalue weighted by atomic mass is 16.5. The standard InChI is InChI=1S/C9H12N2O3/c1-11-7(3-4-8(11)12)6(5-10)9(13)14-2/h8,12H,3-4H2,1-2H3/b7-6-/t8-/m1/s1. The summed E-state index contributed by atoms with van der Waals surface area (Å²) in [7, 11) is 2.87. The van der Waals surface area contributed by atoms with Crippen molar-refractivity contribution in [1.29, 1.82) is 5.26 Å². The van der Waals surface area contributed by atoms with Crippen LogP contribution in [0.5, 0.6) is 0 Å².